The van der Waals surface area contributed by atoms with Gasteiger partial charge in [0, 0.05) is 12.2 Å². The van der Waals surface area contributed by atoms with Crippen LogP contribution in [0.15, 0.2) is 42.5 Å². The Hall–Kier alpha value is -2.20. The van der Waals surface area contributed by atoms with Crippen molar-refractivity contribution in [1.82, 2.24) is 4.90 Å². The molecular weight excluding hydrogens is 288 g/mol. The molecule has 23 heavy (non-hydrogen) atoms. The molecule has 124 valence electrons. The van der Waals surface area contributed by atoms with Crippen molar-refractivity contribution < 1.29 is 9.47 Å². The Kier molecular flexibility index (Phi) is 6.29. The van der Waals surface area contributed by atoms with E-state index in [1.807, 2.05) is 30.3 Å². The van der Waals surface area contributed by atoms with Gasteiger partial charge in [0.2, 0.25) is 0 Å². The lowest BCUT2D eigenvalue weighted by molar-refractivity contribution is 0.319. The Balaban J connectivity index is 1.83. The van der Waals surface area contributed by atoms with Crippen LogP contribution >= 0.6 is 0 Å². The van der Waals surface area contributed by atoms with E-state index >= 15 is 0 Å². The number of rotatable bonds is 8. The van der Waals surface area contributed by atoms with Crippen molar-refractivity contribution in [3.8, 4) is 11.5 Å². The summed E-state index contributed by atoms with van der Waals surface area (Å²) < 4.78 is 10.6. The second kappa shape index (κ2) is 8.44. The Morgan fingerprint density at radius 1 is 0.957 bits per heavy atom. The number of benzene rings is 2. The zero-order valence-corrected chi connectivity index (χ0v) is 14.2. The Labute approximate surface area is 138 Å². The smallest absolute Gasteiger partial charge is 0.161 e. The lowest BCUT2D eigenvalue weighted by atomic mass is 10.1. The molecule has 0 unspecified atom stereocenters. The predicted octanol–water partition coefficient (Wildman–Crippen LogP) is 3.35. The molecule has 0 aromatic heterocycles. The van der Waals surface area contributed by atoms with Gasteiger partial charge in [-0.15, -0.1) is 0 Å². The fourth-order valence-corrected chi connectivity index (χ4v) is 2.67. The SMILES string of the molecule is COc1ccc(CN(C)CCCc2cccc(N)c2)cc1OC. The minimum atomic E-state index is 0.764. The van der Waals surface area contributed by atoms with E-state index in [0.29, 0.717) is 0 Å². The number of aryl methyl sites for hydroxylation is 1. The van der Waals surface area contributed by atoms with Crippen LogP contribution < -0.4 is 15.2 Å². The van der Waals surface area contributed by atoms with Gasteiger partial charge in [-0.1, -0.05) is 18.2 Å². The molecule has 0 saturated heterocycles. The highest BCUT2D eigenvalue weighted by molar-refractivity contribution is 5.43. The zero-order chi connectivity index (χ0) is 16.7. The minimum Gasteiger partial charge on any atom is -0.493 e. The van der Waals surface area contributed by atoms with Crippen LogP contribution in [0.1, 0.15) is 17.5 Å². The first-order valence-corrected chi connectivity index (χ1v) is 7.86. The minimum absolute atomic E-state index is 0.764. The van der Waals surface area contributed by atoms with Crippen molar-refractivity contribution in [3.63, 3.8) is 0 Å². The van der Waals surface area contributed by atoms with Crippen molar-refractivity contribution >= 4 is 5.69 Å². The number of hydrogen-bond donors (Lipinski definition) is 1. The molecule has 2 aromatic carbocycles. The molecule has 2 rings (SSSR count). The molecule has 0 atom stereocenters. The maximum Gasteiger partial charge on any atom is 0.161 e. The summed E-state index contributed by atoms with van der Waals surface area (Å²) in [6.45, 7) is 1.92. The third kappa shape index (κ3) is 5.18. The lowest BCUT2D eigenvalue weighted by Gasteiger charge is -2.18. The van der Waals surface area contributed by atoms with Crippen LogP contribution in [0, 0.1) is 0 Å². The highest BCUT2D eigenvalue weighted by Crippen LogP contribution is 2.27. The summed E-state index contributed by atoms with van der Waals surface area (Å²) in [5.74, 6) is 1.54. The third-order valence-corrected chi connectivity index (χ3v) is 3.86. The molecular formula is C19H26N2O2. The number of nitrogen functional groups attached to an aromatic ring is 1. The summed E-state index contributed by atoms with van der Waals surface area (Å²) in [7, 11) is 5.45. The fourth-order valence-electron chi connectivity index (χ4n) is 2.67. The van der Waals surface area contributed by atoms with E-state index in [9.17, 15) is 0 Å². The molecule has 0 fully saturated rings. The van der Waals surface area contributed by atoms with Crippen LogP contribution in [0.5, 0.6) is 11.5 Å². The highest BCUT2D eigenvalue weighted by atomic mass is 16.5. The Morgan fingerprint density at radius 3 is 2.43 bits per heavy atom. The van der Waals surface area contributed by atoms with Crippen LogP contribution in [-0.2, 0) is 13.0 Å². The van der Waals surface area contributed by atoms with E-state index in [4.69, 9.17) is 15.2 Å². The molecule has 4 nitrogen and oxygen atoms in total. The molecule has 0 aliphatic heterocycles. The van der Waals surface area contributed by atoms with Crippen LogP contribution in [0.2, 0.25) is 0 Å². The van der Waals surface area contributed by atoms with Gasteiger partial charge in [-0.3, -0.25) is 0 Å². The number of hydrogen-bond acceptors (Lipinski definition) is 4. The number of nitrogens with two attached hydrogens (primary N) is 1. The summed E-state index contributed by atoms with van der Waals surface area (Å²) in [4.78, 5) is 2.31. The van der Waals surface area contributed by atoms with Crippen molar-refractivity contribution in [1.29, 1.82) is 0 Å². The summed E-state index contributed by atoms with van der Waals surface area (Å²) >= 11 is 0. The molecule has 0 amide bonds. The van der Waals surface area contributed by atoms with Crippen LogP contribution in [0.3, 0.4) is 0 Å². The average Bonchev–Trinajstić information content (AvgIpc) is 2.54. The number of methoxy groups -OCH3 is 2. The van der Waals surface area contributed by atoms with Gasteiger partial charge in [0.1, 0.15) is 0 Å². The van der Waals surface area contributed by atoms with E-state index in [2.05, 4.69) is 24.1 Å². The molecule has 4 heteroatoms. The van der Waals surface area contributed by atoms with Crippen molar-refractivity contribution in [2.45, 2.75) is 19.4 Å². The number of anilines is 1. The van der Waals surface area contributed by atoms with Gasteiger partial charge in [-0.2, -0.15) is 0 Å². The van der Waals surface area contributed by atoms with Crippen LogP contribution in [-0.4, -0.2) is 32.7 Å². The topological polar surface area (TPSA) is 47.7 Å². The molecule has 0 radical (unpaired) electrons. The largest absolute Gasteiger partial charge is 0.493 e. The van der Waals surface area contributed by atoms with Gasteiger partial charge in [0.25, 0.3) is 0 Å². The Morgan fingerprint density at radius 2 is 1.74 bits per heavy atom. The maximum absolute atomic E-state index is 5.81. The van der Waals surface area contributed by atoms with Crippen molar-refractivity contribution in [2.75, 3.05) is 33.5 Å². The predicted molar refractivity (Wildman–Crippen MR) is 95.1 cm³/mol. The van der Waals surface area contributed by atoms with E-state index in [1.165, 1.54) is 11.1 Å². The quantitative estimate of drug-likeness (QED) is 0.759. The zero-order valence-electron chi connectivity index (χ0n) is 14.2. The molecule has 0 spiro atoms. The summed E-state index contributed by atoms with van der Waals surface area (Å²) in [6.07, 6.45) is 2.15. The molecule has 0 heterocycles. The second-order valence-electron chi connectivity index (χ2n) is 5.78. The number of ether oxygens (including phenoxy) is 2. The Bertz CT molecular complexity index is 629. The van der Waals surface area contributed by atoms with Gasteiger partial charge >= 0.3 is 0 Å². The first-order chi connectivity index (χ1) is 11.1. The van der Waals surface area contributed by atoms with Crippen molar-refractivity contribution in [3.05, 3.63) is 53.6 Å². The van der Waals surface area contributed by atoms with Gasteiger partial charge in [-0.25, -0.2) is 0 Å². The average molecular weight is 314 g/mol. The third-order valence-electron chi connectivity index (χ3n) is 3.86. The van der Waals surface area contributed by atoms with Gasteiger partial charge in [0.15, 0.2) is 11.5 Å². The van der Waals surface area contributed by atoms with E-state index < -0.39 is 0 Å². The summed E-state index contributed by atoms with van der Waals surface area (Å²) in [5.41, 5.74) is 9.16. The standard InChI is InChI=1S/C19H26N2O2/c1-21(11-5-7-15-6-4-8-17(20)12-15)14-16-9-10-18(22-2)19(13-16)23-3/h4,6,8-10,12-13H,5,7,11,14,20H2,1-3H3. The first kappa shape index (κ1) is 17.2. The summed E-state index contributed by atoms with van der Waals surface area (Å²) in [6, 6.07) is 14.2. The molecule has 2 N–H and O–H groups in total. The first-order valence-electron chi connectivity index (χ1n) is 7.86. The molecule has 0 aliphatic rings. The monoisotopic (exact) mass is 314 g/mol. The molecule has 0 aliphatic carbocycles. The van der Waals surface area contributed by atoms with Gasteiger partial charge in [-0.05, 0) is 61.8 Å². The maximum atomic E-state index is 5.81. The summed E-state index contributed by atoms with van der Waals surface area (Å²) in [5, 5.41) is 0. The lowest BCUT2D eigenvalue weighted by Crippen LogP contribution is -2.19. The fraction of sp³-hybridized carbons (Fsp3) is 0.368. The van der Waals surface area contributed by atoms with Crippen molar-refractivity contribution in [2.24, 2.45) is 0 Å². The molecule has 2 aromatic rings. The van der Waals surface area contributed by atoms with Gasteiger partial charge in [0.05, 0.1) is 14.2 Å². The molecule has 0 bridgehead atoms. The van der Waals surface area contributed by atoms with E-state index in [-0.39, 0.29) is 0 Å². The van der Waals surface area contributed by atoms with E-state index in [1.54, 1.807) is 14.2 Å². The normalized spacial score (nSPS) is 10.8. The van der Waals surface area contributed by atoms with Crippen LogP contribution in [0.25, 0.3) is 0 Å². The van der Waals surface area contributed by atoms with Crippen LogP contribution in [0.4, 0.5) is 5.69 Å². The molecule has 0 saturated carbocycles. The number of nitrogens with zero attached hydrogens (tertiary/aromatic N) is 1. The van der Waals surface area contributed by atoms with Gasteiger partial charge < -0.3 is 20.1 Å². The highest BCUT2D eigenvalue weighted by Gasteiger charge is 2.06. The second-order valence-corrected chi connectivity index (χ2v) is 5.78. The van der Waals surface area contributed by atoms with E-state index in [0.717, 1.165) is 43.1 Å².